The first-order valence-electron chi connectivity index (χ1n) is 5.40. The minimum atomic E-state index is -0.846. The van der Waals surface area contributed by atoms with Crippen LogP contribution in [-0.2, 0) is 4.79 Å². The molecule has 0 radical (unpaired) electrons. The van der Waals surface area contributed by atoms with Crippen molar-refractivity contribution in [1.29, 1.82) is 0 Å². The number of benzene rings is 1. The van der Waals surface area contributed by atoms with Crippen molar-refractivity contribution in [3.8, 4) is 0 Å². The van der Waals surface area contributed by atoms with Crippen LogP contribution >= 0.6 is 15.9 Å². The summed E-state index contributed by atoms with van der Waals surface area (Å²) in [6, 6.07) is 9.34. The maximum Gasteiger partial charge on any atom is 0.304 e. The van der Waals surface area contributed by atoms with Gasteiger partial charge in [0.15, 0.2) is 0 Å². The van der Waals surface area contributed by atoms with E-state index in [-0.39, 0.29) is 12.3 Å². The third-order valence-corrected chi connectivity index (χ3v) is 3.14. The Morgan fingerprint density at radius 1 is 1.28 bits per heavy atom. The number of halogens is 1. The molecule has 1 N–H and O–H groups in total. The summed E-state index contributed by atoms with van der Waals surface area (Å²) >= 11 is 3.36. The van der Waals surface area contributed by atoms with Gasteiger partial charge in [0.05, 0.1) is 12.1 Å². The number of carboxylic acids is 1. The van der Waals surface area contributed by atoms with Crippen molar-refractivity contribution in [2.45, 2.75) is 12.3 Å². The summed E-state index contributed by atoms with van der Waals surface area (Å²) in [5, 5.41) is 9.01. The average molecular weight is 307 g/mol. The number of hydrogen-bond donors (Lipinski definition) is 1. The fraction of sp³-hybridized carbons (Fsp3) is 0.154. The van der Waals surface area contributed by atoms with Gasteiger partial charge >= 0.3 is 5.97 Å². The second kappa shape index (κ2) is 5.73. The minimum absolute atomic E-state index is 0.0125. The first-order valence-corrected chi connectivity index (χ1v) is 6.19. The molecule has 0 saturated heterocycles. The Morgan fingerprint density at radius 2 is 2.00 bits per heavy atom. The zero-order chi connectivity index (χ0) is 13.0. The Bertz CT molecular complexity index is 528. The van der Waals surface area contributed by atoms with E-state index in [0.717, 1.165) is 15.7 Å². The fourth-order valence-corrected chi connectivity index (χ4v) is 2.03. The van der Waals surface area contributed by atoms with Crippen LogP contribution in [0.1, 0.15) is 23.6 Å². The van der Waals surface area contributed by atoms with Crippen LogP contribution in [0.3, 0.4) is 0 Å². The third kappa shape index (κ3) is 3.13. The molecule has 0 spiro atoms. The predicted octanol–water partition coefficient (Wildman–Crippen LogP) is 2.85. The van der Waals surface area contributed by atoms with E-state index in [0.29, 0.717) is 0 Å². The zero-order valence-electron chi connectivity index (χ0n) is 9.45. The molecular formula is C13H11BrN2O2. The SMILES string of the molecule is O=C(O)CC(c1ccc(Br)cc1)c1ccncn1. The molecule has 0 amide bonds. The van der Waals surface area contributed by atoms with E-state index >= 15 is 0 Å². The van der Waals surface area contributed by atoms with Crippen molar-refractivity contribution >= 4 is 21.9 Å². The molecule has 4 nitrogen and oxygen atoms in total. The second-order valence-electron chi connectivity index (χ2n) is 3.84. The van der Waals surface area contributed by atoms with Gasteiger partial charge in [-0.1, -0.05) is 28.1 Å². The van der Waals surface area contributed by atoms with Crippen LogP contribution in [0, 0.1) is 0 Å². The number of aliphatic carboxylic acids is 1. The van der Waals surface area contributed by atoms with Crippen LogP contribution in [0.25, 0.3) is 0 Å². The van der Waals surface area contributed by atoms with Gasteiger partial charge in [0.2, 0.25) is 0 Å². The molecule has 5 heteroatoms. The summed E-state index contributed by atoms with van der Waals surface area (Å²) in [4.78, 5) is 19.0. The minimum Gasteiger partial charge on any atom is -0.481 e. The van der Waals surface area contributed by atoms with Crippen LogP contribution < -0.4 is 0 Å². The summed E-state index contributed by atoms with van der Waals surface area (Å²) in [7, 11) is 0. The van der Waals surface area contributed by atoms with E-state index in [1.807, 2.05) is 24.3 Å². The van der Waals surface area contributed by atoms with Crippen molar-refractivity contribution in [3.63, 3.8) is 0 Å². The molecule has 1 heterocycles. The van der Waals surface area contributed by atoms with E-state index in [1.54, 1.807) is 12.3 Å². The van der Waals surface area contributed by atoms with E-state index in [9.17, 15) is 4.79 Å². The summed E-state index contributed by atoms with van der Waals surface area (Å²) in [5.41, 5.74) is 1.65. The Hall–Kier alpha value is -1.75. The lowest BCUT2D eigenvalue weighted by Gasteiger charge is -2.14. The normalized spacial score (nSPS) is 12.1. The van der Waals surface area contributed by atoms with Crippen LogP contribution in [-0.4, -0.2) is 21.0 Å². The third-order valence-electron chi connectivity index (χ3n) is 2.61. The van der Waals surface area contributed by atoms with Crippen LogP contribution in [0.15, 0.2) is 47.3 Å². The van der Waals surface area contributed by atoms with Gasteiger partial charge in [0, 0.05) is 16.6 Å². The van der Waals surface area contributed by atoms with Crippen molar-refractivity contribution in [1.82, 2.24) is 9.97 Å². The molecule has 2 rings (SSSR count). The Morgan fingerprint density at radius 3 is 2.56 bits per heavy atom. The smallest absolute Gasteiger partial charge is 0.304 e. The summed E-state index contributed by atoms with van der Waals surface area (Å²) in [6.45, 7) is 0. The molecule has 2 aromatic rings. The second-order valence-corrected chi connectivity index (χ2v) is 4.75. The maximum absolute atomic E-state index is 11.0. The molecular weight excluding hydrogens is 296 g/mol. The summed E-state index contributed by atoms with van der Waals surface area (Å²) in [6.07, 6.45) is 3.07. The monoisotopic (exact) mass is 306 g/mol. The molecule has 1 aromatic heterocycles. The van der Waals surface area contributed by atoms with Gasteiger partial charge in [-0.2, -0.15) is 0 Å². The molecule has 0 bridgehead atoms. The highest BCUT2D eigenvalue weighted by Crippen LogP contribution is 2.27. The first-order chi connectivity index (χ1) is 8.66. The lowest BCUT2D eigenvalue weighted by Crippen LogP contribution is -2.09. The Labute approximate surface area is 113 Å². The van der Waals surface area contributed by atoms with Crippen molar-refractivity contribution < 1.29 is 9.90 Å². The lowest BCUT2D eigenvalue weighted by molar-refractivity contribution is -0.137. The molecule has 0 aliphatic rings. The van der Waals surface area contributed by atoms with Gasteiger partial charge in [0.25, 0.3) is 0 Å². The zero-order valence-corrected chi connectivity index (χ0v) is 11.0. The van der Waals surface area contributed by atoms with Gasteiger partial charge in [-0.05, 0) is 23.8 Å². The number of aromatic nitrogens is 2. The molecule has 0 fully saturated rings. The Balaban J connectivity index is 2.36. The van der Waals surface area contributed by atoms with Crippen LogP contribution in [0.2, 0.25) is 0 Å². The molecule has 0 saturated carbocycles. The van der Waals surface area contributed by atoms with Crippen molar-refractivity contribution in [2.24, 2.45) is 0 Å². The number of rotatable bonds is 4. The molecule has 0 aliphatic heterocycles. The van der Waals surface area contributed by atoms with Crippen molar-refractivity contribution in [2.75, 3.05) is 0 Å². The quantitative estimate of drug-likeness (QED) is 0.943. The number of nitrogens with zero attached hydrogens (tertiary/aromatic N) is 2. The standard InChI is InChI=1S/C13H11BrN2O2/c14-10-3-1-9(2-4-10)11(7-13(17)18)12-5-6-15-8-16-12/h1-6,8,11H,7H2,(H,17,18). The van der Waals surface area contributed by atoms with Gasteiger partial charge < -0.3 is 5.11 Å². The highest BCUT2D eigenvalue weighted by Gasteiger charge is 2.18. The summed E-state index contributed by atoms with van der Waals surface area (Å²) < 4.78 is 0.961. The summed E-state index contributed by atoms with van der Waals surface area (Å²) in [5.74, 6) is -1.10. The molecule has 1 aromatic carbocycles. The van der Waals surface area contributed by atoms with Gasteiger partial charge in [-0.25, -0.2) is 9.97 Å². The molecule has 92 valence electrons. The topological polar surface area (TPSA) is 63.1 Å². The molecule has 1 atom stereocenters. The van der Waals surface area contributed by atoms with Gasteiger partial charge in [-0.15, -0.1) is 0 Å². The van der Waals surface area contributed by atoms with Crippen LogP contribution in [0.4, 0.5) is 0 Å². The highest BCUT2D eigenvalue weighted by molar-refractivity contribution is 9.10. The number of carbonyl (C=O) groups is 1. The lowest BCUT2D eigenvalue weighted by atomic mass is 9.92. The molecule has 18 heavy (non-hydrogen) atoms. The predicted molar refractivity (Wildman–Crippen MR) is 70.3 cm³/mol. The molecule has 1 unspecified atom stereocenters. The highest BCUT2D eigenvalue weighted by atomic mass is 79.9. The van der Waals surface area contributed by atoms with E-state index < -0.39 is 5.97 Å². The largest absolute Gasteiger partial charge is 0.481 e. The maximum atomic E-state index is 11.0. The number of hydrogen-bond acceptors (Lipinski definition) is 3. The van der Waals surface area contributed by atoms with Crippen LogP contribution in [0.5, 0.6) is 0 Å². The van der Waals surface area contributed by atoms with E-state index in [2.05, 4.69) is 25.9 Å². The van der Waals surface area contributed by atoms with Gasteiger partial charge in [0.1, 0.15) is 6.33 Å². The average Bonchev–Trinajstić information content (AvgIpc) is 2.38. The van der Waals surface area contributed by atoms with Crippen molar-refractivity contribution in [3.05, 3.63) is 58.6 Å². The van der Waals surface area contributed by atoms with E-state index in [1.165, 1.54) is 6.33 Å². The number of carboxylic acid groups (broad SMARTS) is 1. The molecule has 0 aliphatic carbocycles. The van der Waals surface area contributed by atoms with Gasteiger partial charge in [-0.3, -0.25) is 4.79 Å². The van der Waals surface area contributed by atoms with E-state index in [4.69, 9.17) is 5.11 Å². The fourth-order valence-electron chi connectivity index (χ4n) is 1.77. The first kappa shape index (κ1) is 12.7. The Kier molecular flexibility index (Phi) is 4.04.